The minimum absolute atomic E-state index is 0.00659. The fourth-order valence-electron chi connectivity index (χ4n) is 3.28. The molecule has 0 spiro atoms. The van der Waals surface area contributed by atoms with Crippen molar-refractivity contribution in [3.63, 3.8) is 0 Å². The number of anilines is 1. The number of aromatic nitrogens is 3. The summed E-state index contributed by atoms with van der Waals surface area (Å²) in [6.45, 7) is 2.14. The molecule has 1 N–H and O–H groups in total. The van der Waals surface area contributed by atoms with Crippen LogP contribution in [0.15, 0.2) is 35.1 Å². The van der Waals surface area contributed by atoms with E-state index in [2.05, 4.69) is 27.4 Å². The Hall–Kier alpha value is -2.57. The fraction of sp³-hybridized carbons (Fsp3) is 0.526. The van der Waals surface area contributed by atoms with Crippen molar-refractivity contribution in [1.82, 2.24) is 19.7 Å². The monoisotopic (exact) mass is 357 g/mol. The van der Waals surface area contributed by atoms with Gasteiger partial charge in [-0.05, 0) is 31.4 Å². The Labute approximate surface area is 153 Å². The van der Waals surface area contributed by atoms with Gasteiger partial charge >= 0.3 is 5.69 Å². The number of amides is 1. The van der Waals surface area contributed by atoms with Gasteiger partial charge in [-0.3, -0.25) is 9.36 Å². The van der Waals surface area contributed by atoms with E-state index in [4.69, 9.17) is 0 Å². The molecule has 0 aliphatic carbocycles. The molecule has 1 aliphatic rings. The average Bonchev–Trinajstić information content (AvgIpc) is 2.82. The number of rotatable bonds is 7. The minimum atomic E-state index is -0.166. The maximum absolute atomic E-state index is 12.4. The first-order valence-electron chi connectivity index (χ1n) is 9.34. The molecule has 7 heteroatoms. The number of aryl methyl sites for hydroxylation is 1. The molecule has 0 saturated heterocycles. The molecule has 26 heavy (non-hydrogen) atoms. The molecular weight excluding hydrogens is 330 g/mol. The summed E-state index contributed by atoms with van der Waals surface area (Å²) in [4.78, 5) is 26.6. The van der Waals surface area contributed by atoms with E-state index in [-0.39, 0.29) is 18.1 Å². The number of hydrogen-bond donors (Lipinski definition) is 1. The third-order valence-corrected chi connectivity index (χ3v) is 4.76. The van der Waals surface area contributed by atoms with Gasteiger partial charge in [-0.2, -0.15) is 5.10 Å². The molecule has 3 rings (SSSR count). The zero-order chi connectivity index (χ0) is 18.4. The van der Waals surface area contributed by atoms with E-state index in [0.29, 0.717) is 13.1 Å². The van der Waals surface area contributed by atoms with Gasteiger partial charge in [0.15, 0.2) is 0 Å². The molecule has 0 bridgehead atoms. The first kappa shape index (κ1) is 18.2. The molecule has 2 aromatic rings. The van der Waals surface area contributed by atoms with Gasteiger partial charge in [0.1, 0.15) is 12.4 Å². The van der Waals surface area contributed by atoms with Gasteiger partial charge in [0.2, 0.25) is 5.91 Å². The van der Waals surface area contributed by atoms with Crippen molar-refractivity contribution in [2.45, 2.75) is 45.2 Å². The van der Waals surface area contributed by atoms with Crippen LogP contribution >= 0.6 is 0 Å². The molecular formula is C19H27N5O2. The van der Waals surface area contributed by atoms with Crippen molar-refractivity contribution in [2.75, 3.05) is 25.0 Å². The first-order chi connectivity index (χ1) is 12.6. The fourth-order valence-corrected chi connectivity index (χ4v) is 3.28. The molecule has 0 unspecified atom stereocenters. The topological polar surface area (TPSA) is 72.2 Å². The molecule has 7 nitrogen and oxygen atoms in total. The van der Waals surface area contributed by atoms with Gasteiger partial charge in [0.05, 0.1) is 0 Å². The number of carbonyl (C=O) groups excluding carboxylic acids is 1. The van der Waals surface area contributed by atoms with E-state index in [1.807, 2.05) is 25.2 Å². The van der Waals surface area contributed by atoms with Crippen molar-refractivity contribution in [1.29, 1.82) is 0 Å². The standard InChI is InChI=1S/C19H27N5O2/c1-22(16-9-4-2-5-10-16)13-8-12-20-18(25)15-24-19(26)23-14-7-3-6-11-17(23)21-24/h2,4-5,9-10H,3,6-8,11-15H2,1H3,(H,20,25). The number of carbonyl (C=O) groups is 1. The van der Waals surface area contributed by atoms with Crippen LogP contribution in [0, 0.1) is 0 Å². The second kappa shape index (κ2) is 8.69. The van der Waals surface area contributed by atoms with E-state index in [0.717, 1.165) is 50.2 Å². The van der Waals surface area contributed by atoms with Crippen LogP contribution in [0.5, 0.6) is 0 Å². The summed E-state index contributed by atoms with van der Waals surface area (Å²) in [6, 6.07) is 10.1. The zero-order valence-electron chi connectivity index (χ0n) is 15.4. The Kier molecular flexibility index (Phi) is 6.09. The van der Waals surface area contributed by atoms with Crippen LogP contribution in [0.4, 0.5) is 5.69 Å². The number of fused-ring (bicyclic) bond motifs is 1. The lowest BCUT2D eigenvalue weighted by Crippen LogP contribution is -2.35. The molecule has 1 aliphatic heterocycles. The lowest BCUT2D eigenvalue weighted by molar-refractivity contribution is -0.121. The average molecular weight is 357 g/mol. The van der Waals surface area contributed by atoms with Crippen LogP contribution in [-0.2, 0) is 24.3 Å². The highest BCUT2D eigenvalue weighted by Crippen LogP contribution is 2.11. The molecule has 1 aromatic carbocycles. The molecule has 0 saturated carbocycles. The second-order valence-electron chi connectivity index (χ2n) is 6.78. The number of nitrogens with one attached hydrogen (secondary N) is 1. The van der Waals surface area contributed by atoms with E-state index in [9.17, 15) is 9.59 Å². The molecule has 1 aromatic heterocycles. The van der Waals surface area contributed by atoms with Crippen LogP contribution in [0.3, 0.4) is 0 Å². The number of hydrogen-bond acceptors (Lipinski definition) is 4. The van der Waals surface area contributed by atoms with E-state index in [1.165, 1.54) is 4.68 Å². The molecule has 2 heterocycles. The Balaban J connectivity index is 1.44. The summed E-state index contributed by atoms with van der Waals surface area (Å²) in [5, 5.41) is 7.23. The number of para-hydroxylation sites is 1. The van der Waals surface area contributed by atoms with E-state index in [1.54, 1.807) is 4.57 Å². The lowest BCUT2D eigenvalue weighted by Gasteiger charge is -2.19. The molecule has 1 amide bonds. The Morgan fingerprint density at radius 2 is 2.04 bits per heavy atom. The normalized spacial score (nSPS) is 13.7. The van der Waals surface area contributed by atoms with E-state index >= 15 is 0 Å². The van der Waals surface area contributed by atoms with Crippen molar-refractivity contribution in [2.24, 2.45) is 0 Å². The van der Waals surface area contributed by atoms with Crippen LogP contribution in [0.2, 0.25) is 0 Å². The Morgan fingerprint density at radius 1 is 1.23 bits per heavy atom. The highest BCUT2D eigenvalue weighted by molar-refractivity contribution is 5.75. The van der Waals surface area contributed by atoms with Gasteiger partial charge < -0.3 is 10.2 Å². The highest BCUT2D eigenvalue weighted by atomic mass is 16.2. The Bertz CT molecular complexity index is 781. The van der Waals surface area contributed by atoms with Crippen LogP contribution < -0.4 is 15.9 Å². The Morgan fingerprint density at radius 3 is 2.85 bits per heavy atom. The van der Waals surface area contributed by atoms with E-state index < -0.39 is 0 Å². The predicted molar refractivity (Wildman–Crippen MR) is 101 cm³/mol. The second-order valence-corrected chi connectivity index (χ2v) is 6.78. The molecule has 0 radical (unpaired) electrons. The van der Waals surface area contributed by atoms with Crippen molar-refractivity contribution in [3.8, 4) is 0 Å². The van der Waals surface area contributed by atoms with Gasteiger partial charge in [-0.15, -0.1) is 0 Å². The summed E-state index contributed by atoms with van der Waals surface area (Å²) in [5.74, 6) is 0.646. The van der Waals surface area contributed by atoms with Crippen LogP contribution in [0.25, 0.3) is 0 Å². The quantitative estimate of drug-likeness (QED) is 0.761. The minimum Gasteiger partial charge on any atom is -0.375 e. The number of nitrogens with zero attached hydrogens (tertiary/aromatic N) is 4. The molecule has 0 atom stereocenters. The highest BCUT2D eigenvalue weighted by Gasteiger charge is 2.17. The maximum atomic E-state index is 12.4. The SMILES string of the molecule is CN(CCCNC(=O)Cn1nc2n(c1=O)CCCCC2)c1ccccc1. The van der Waals surface area contributed by atoms with Gasteiger partial charge in [-0.1, -0.05) is 24.6 Å². The molecule has 0 fully saturated rings. The summed E-state index contributed by atoms with van der Waals surface area (Å²) in [7, 11) is 2.04. The number of benzene rings is 1. The van der Waals surface area contributed by atoms with Crippen molar-refractivity contribution >= 4 is 11.6 Å². The van der Waals surface area contributed by atoms with Crippen molar-refractivity contribution < 1.29 is 4.79 Å². The summed E-state index contributed by atoms with van der Waals surface area (Å²) >= 11 is 0. The zero-order valence-corrected chi connectivity index (χ0v) is 15.4. The van der Waals surface area contributed by atoms with Crippen LogP contribution in [0.1, 0.15) is 31.5 Å². The summed E-state index contributed by atoms with van der Waals surface area (Å²) in [6.07, 6.45) is 4.83. The predicted octanol–water partition coefficient (Wildman–Crippen LogP) is 1.41. The third-order valence-electron chi connectivity index (χ3n) is 4.76. The van der Waals surface area contributed by atoms with Gasteiger partial charge in [0, 0.05) is 38.8 Å². The largest absolute Gasteiger partial charge is 0.375 e. The lowest BCUT2D eigenvalue weighted by atomic mass is 10.2. The molecule has 140 valence electrons. The van der Waals surface area contributed by atoms with Gasteiger partial charge in [-0.25, -0.2) is 9.48 Å². The smallest absolute Gasteiger partial charge is 0.346 e. The first-order valence-corrected chi connectivity index (χ1v) is 9.34. The maximum Gasteiger partial charge on any atom is 0.346 e. The third kappa shape index (κ3) is 4.53. The summed E-state index contributed by atoms with van der Waals surface area (Å²) < 4.78 is 3.02. The van der Waals surface area contributed by atoms with Crippen LogP contribution in [-0.4, -0.2) is 40.4 Å². The van der Waals surface area contributed by atoms with Gasteiger partial charge in [0.25, 0.3) is 0 Å². The summed E-state index contributed by atoms with van der Waals surface area (Å²) in [5.41, 5.74) is 0.991. The van der Waals surface area contributed by atoms with Crippen molar-refractivity contribution in [3.05, 3.63) is 46.6 Å².